The van der Waals surface area contributed by atoms with Gasteiger partial charge in [-0.2, -0.15) is 0 Å². The molecule has 2 nitrogen and oxygen atoms in total. The molecule has 0 amide bonds. The van der Waals surface area contributed by atoms with Crippen molar-refractivity contribution in [2.75, 3.05) is 33.2 Å². The van der Waals surface area contributed by atoms with E-state index in [-0.39, 0.29) is 0 Å². The third-order valence-electron chi connectivity index (χ3n) is 3.23. The highest BCUT2D eigenvalue weighted by molar-refractivity contribution is 4.90. The zero-order chi connectivity index (χ0) is 8.39. The normalized spacial score (nSPS) is 35.8. The van der Waals surface area contributed by atoms with Gasteiger partial charge >= 0.3 is 0 Å². The van der Waals surface area contributed by atoms with E-state index < -0.39 is 0 Å². The summed E-state index contributed by atoms with van der Waals surface area (Å²) in [5, 5.41) is 3.27. The molecule has 1 N–H and O–H groups in total. The molecule has 0 radical (unpaired) electrons. The summed E-state index contributed by atoms with van der Waals surface area (Å²) in [4.78, 5) is 2.64. The second-order valence-electron chi connectivity index (χ2n) is 4.32. The van der Waals surface area contributed by atoms with Crippen LogP contribution in [-0.2, 0) is 0 Å². The van der Waals surface area contributed by atoms with E-state index in [4.69, 9.17) is 0 Å². The van der Waals surface area contributed by atoms with Crippen molar-refractivity contribution in [1.82, 2.24) is 10.2 Å². The summed E-state index contributed by atoms with van der Waals surface area (Å²) >= 11 is 0. The lowest BCUT2D eigenvalue weighted by Crippen LogP contribution is -2.23. The van der Waals surface area contributed by atoms with E-state index in [0.29, 0.717) is 0 Å². The summed E-state index contributed by atoms with van der Waals surface area (Å²) in [6, 6.07) is 0. The molecule has 1 aliphatic heterocycles. The van der Waals surface area contributed by atoms with E-state index >= 15 is 0 Å². The number of hydrogen-bond donors (Lipinski definition) is 1. The molecule has 2 heteroatoms. The predicted molar refractivity (Wildman–Crippen MR) is 51.2 cm³/mol. The summed E-state index contributed by atoms with van der Waals surface area (Å²) in [7, 11) is 2.06. The Hall–Kier alpha value is -0.0800. The van der Waals surface area contributed by atoms with Gasteiger partial charge in [-0.1, -0.05) is 0 Å². The van der Waals surface area contributed by atoms with Crippen LogP contribution in [0.5, 0.6) is 0 Å². The Labute approximate surface area is 75.3 Å². The molecule has 1 saturated heterocycles. The molecule has 2 aliphatic rings. The second kappa shape index (κ2) is 3.75. The minimum atomic E-state index is 0.996. The average Bonchev–Trinajstić information content (AvgIpc) is 2.62. The Bertz CT molecular complexity index is 141. The molecule has 0 unspecified atom stereocenters. The first kappa shape index (κ1) is 8.52. The quantitative estimate of drug-likeness (QED) is 0.672. The topological polar surface area (TPSA) is 15.3 Å². The van der Waals surface area contributed by atoms with Crippen LogP contribution in [-0.4, -0.2) is 38.1 Å². The fourth-order valence-corrected chi connectivity index (χ4v) is 2.34. The van der Waals surface area contributed by atoms with Gasteiger partial charge in [-0.15, -0.1) is 0 Å². The zero-order valence-corrected chi connectivity index (χ0v) is 8.05. The predicted octanol–water partition coefficient (Wildman–Crippen LogP) is 0.938. The first-order valence-corrected chi connectivity index (χ1v) is 5.27. The van der Waals surface area contributed by atoms with E-state index in [0.717, 1.165) is 11.8 Å². The number of likely N-dealkylation sites (tertiary alicyclic amines) is 1. The summed E-state index contributed by atoms with van der Waals surface area (Å²) in [5.74, 6) is 2.02. The van der Waals surface area contributed by atoms with Gasteiger partial charge < -0.3 is 10.2 Å². The molecule has 0 aromatic heterocycles. The first-order valence-electron chi connectivity index (χ1n) is 5.27. The van der Waals surface area contributed by atoms with Crippen LogP contribution in [0.15, 0.2) is 0 Å². The van der Waals surface area contributed by atoms with E-state index in [9.17, 15) is 0 Å². The lowest BCUT2D eigenvalue weighted by molar-refractivity contribution is 0.316. The van der Waals surface area contributed by atoms with E-state index in [1.165, 1.54) is 45.4 Å². The molecule has 2 rings (SSSR count). The van der Waals surface area contributed by atoms with Gasteiger partial charge in [-0.05, 0) is 57.8 Å². The number of rotatable bonds is 4. The van der Waals surface area contributed by atoms with Crippen molar-refractivity contribution in [1.29, 1.82) is 0 Å². The maximum atomic E-state index is 3.27. The van der Waals surface area contributed by atoms with Gasteiger partial charge in [0.15, 0.2) is 0 Å². The third-order valence-corrected chi connectivity index (χ3v) is 3.23. The van der Waals surface area contributed by atoms with Crippen LogP contribution in [0.2, 0.25) is 0 Å². The molecule has 1 heterocycles. The maximum Gasteiger partial charge on any atom is 0.00129 e. The van der Waals surface area contributed by atoms with Crippen LogP contribution in [0.25, 0.3) is 0 Å². The standard InChI is InChI=1S/C10H20N2/c1-11-7-9-6-10(9)8-12-4-2-3-5-12/h9-11H,2-8H2,1H3/t9-,10-/m0/s1. The van der Waals surface area contributed by atoms with E-state index in [1.807, 2.05) is 0 Å². The van der Waals surface area contributed by atoms with Crippen LogP contribution >= 0.6 is 0 Å². The summed E-state index contributed by atoms with van der Waals surface area (Å²) in [5.41, 5.74) is 0. The van der Waals surface area contributed by atoms with E-state index in [1.54, 1.807) is 0 Å². The maximum absolute atomic E-state index is 3.27. The Kier molecular flexibility index (Phi) is 2.66. The first-order chi connectivity index (χ1) is 5.90. The molecular weight excluding hydrogens is 148 g/mol. The minimum absolute atomic E-state index is 0.996. The van der Waals surface area contributed by atoms with Crippen molar-refractivity contribution in [3.8, 4) is 0 Å². The van der Waals surface area contributed by atoms with Crippen LogP contribution in [0.3, 0.4) is 0 Å². The highest BCUT2D eigenvalue weighted by Crippen LogP contribution is 2.38. The smallest absolute Gasteiger partial charge is 0.00129 e. The van der Waals surface area contributed by atoms with Crippen molar-refractivity contribution in [3.05, 3.63) is 0 Å². The molecule has 2 atom stereocenters. The molecule has 12 heavy (non-hydrogen) atoms. The highest BCUT2D eigenvalue weighted by Gasteiger charge is 2.37. The van der Waals surface area contributed by atoms with Gasteiger partial charge in [-0.25, -0.2) is 0 Å². The fourth-order valence-electron chi connectivity index (χ4n) is 2.34. The van der Waals surface area contributed by atoms with Crippen LogP contribution in [0.4, 0.5) is 0 Å². The molecule has 0 aromatic rings. The Morgan fingerprint density at radius 1 is 1.25 bits per heavy atom. The molecule has 1 aliphatic carbocycles. The van der Waals surface area contributed by atoms with Gasteiger partial charge in [0.1, 0.15) is 0 Å². The lowest BCUT2D eigenvalue weighted by Gasteiger charge is -2.13. The largest absolute Gasteiger partial charge is 0.319 e. The van der Waals surface area contributed by atoms with Gasteiger partial charge in [0, 0.05) is 6.54 Å². The van der Waals surface area contributed by atoms with E-state index in [2.05, 4.69) is 17.3 Å². The SMILES string of the molecule is CNC[C@@H]1C[C@H]1CN1CCCC1. The Morgan fingerprint density at radius 3 is 2.67 bits per heavy atom. The van der Waals surface area contributed by atoms with Gasteiger partial charge in [-0.3, -0.25) is 0 Å². The minimum Gasteiger partial charge on any atom is -0.319 e. The number of nitrogens with zero attached hydrogens (tertiary/aromatic N) is 1. The third kappa shape index (κ3) is 1.99. The molecule has 70 valence electrons. The molecule has 2 fully saturated rings. The van der Waals surface area contributed by atoms with Crippen LogP contribution in [0.1, 0.15) is 19.3 Å². The molecular formula is C10H20N2. The van der Waals surface area contributed by atoms with Crippen LogP contribution < -0.4 is 5.32 Å². The fraction of sp³-hybridized carbons (Fsp3) is 1.00. The van der Waals surface area contributed by atoms with Crippen LogP contribution in [0, 0.1) is 11.8 Å². The van der Waals surface area contributed by atoms with Crippen molar-refractivity contribution in [2.24, 2.45) is 11.8 Å². The summed E-state index contributed by atoms with van der Waals surface area (Å²) in [6.07, 6.45) is 4.34. The average molecular weight is 168 g/mol. The molecule has 0 bridgehead atoms. The van der Waals surface area contributed by atoms with Crippen molar-refractivity contribution in [2.45, 2.75) is 19.3 Å². The van der Waals surface area contributed by atoms with Gasteiger partial charge in [0.2, 0.25) is 0 Å². The van der Waals surface area contributed by atoms with Gasteiger partial charge in [0.25, 0.3) is 0 Å². The van der Waals surface area contributed by atoms with Crippen molar-refractivity contribution in [3.63, 3.8) is 0 Å². The number of hydrogen-bond acceptors (Lipinski definition) is 2. The number of nitrogens with one attached hydrogen (secondary N) is 1. The summed E-state index contributed by atoms with van der Waals surface area (Å²) in [6.45, 7) is 5.34. The van der Waals surface area contributed by atoms with Gasteiger partial charge in [0.05, 0.1) is 0 Å². The monoisotopic (exact) mass is 168 g/mol. The second-order valence-corrected chi connectivity index (χ2v) is 4.32. The Morgan fingerprint density at radius 2 is 2.00 bits per heavy atom. The molecule has 1 saturated carbocycles. The lowest BCUT2D eigenvalue weighted by atomic mass is 10.3. The highest BCUT2D eigenvalue weighted by atomic mass is 15.1. The molecule has 0 spiro atoms. The molecule has 0 aromatic carbocycles. The van der Waals surface area contributed by atoms with Crippen molar-refractivity contribution >= 4 is 0 Å². The summed E-state index contributed by atoms with van der Waals surface area (Å²) < 4.78 is 0. The van der Waals surface area contributed by atoms with Crippen molar-refractivity contribution < 1.29 is 0 Å². The zero-order valence-electron chi connectivity index (χ0n) is 8.05. The Balaban J connectivity index is 1.62.